The number of anilines is 2. The molecular weight excluding hydrogens is 406 g/mol. The van der Waals surface area contributed by atoms with Crippen LogP contribution in [0.5, 0.6) is 5.75 Å². The van der Waals surface area contributed by atoms with Gasteiger partial charge in [-0.25, -0.2) is 10.4 Å². The smallest absolute Gasteiger partial charge is 0.246 e. The van der Waals surface area contributed by atoms with E-state index in [-0.39, 0.29) is 22.1 Å². The molecular formula is C20H17N5O4S. The molecule has 0 bridgehead atoms. The molecule has 4 heterocycles. The van der Waals surface area contributed by atoms with Crippen LogP contribution in [0.15, 0.2) is 50.2 Å². The maximum atomic E-state index is 12.6. The molecule has 1 saturated heterocycles. The summed E-state index contributed by atoms with van der Waals surface area (Å²) in [6.07, 6.45) is 2.68. The lowest BCUT2D eigenvalue weighted by molar-refractivity contribution is 0.122. The van der Waals surface area contributed by atoms with E-state index >= 15 is 0 Å². The Morgan fingerprint density at radius 3 is 2.93 bits per heavy atom. The van der Waals surface area contributed by atoms with Crippen molar-refractivity contribution in [3.05, 3.63) is 51.7 Å². The fraction of sp³-hybridized carbons (Fsp3) is 0.200. The number of phenols is 1. The summed E-state index contributed by atoms with van der Waals surface area (Å²) in [5.41, 5.74) is 3.15. The van der Waals surface area contributed by atoms with Crippen LogP contribution in [0, 0.1) is 0 Å². The molecule has 0 aliphatic carbocycles. The number of hydrogen-bond acceptors (Lipinski definition) is 10. The number of hydrazone groups is 1. The topological polar surface area (TPSA) is 113 Å². The SMILES string of the molecule is O=c1c(/C=N/Nc2nc(N3CCOCC3)c3ccsc3n2)coc2ccc(O)cc12. The van der Waals surface area contributed by atoms with E-state index in [1.54, 1.807) is 6.07 Å². The first kappa shape index (κ1) is 18.5. The van der Waals surface area contributed by atoms with E-state index in [2.05, 4.69) is 25.4 Å². The van der Waals surface area contributed by atoms with E-state index in [1.807, 2.05) is 11.4 Å². The Labute approximate surface area is 174 Å². The fourth-order valence-corrected chi connectivity index (χ4v) is 4.05. The number of aromatic hydroxyl groups is 1. The monoisotopic (exact) mass is 423 g/mol. The third-order valence-corrected chi connectivity index (χ3v) is 5.57. The Kier molecular flexibility index (Phi) is 4.77. The maximum Gasteiger partial charge on any atom is 0.246 e. The lowest BCUT2D eigenvalue weighted by atomic mass is 10.2. The standard InChI is InChI=1S/C20H17N5O4S/c26-13-1-2-16-15(9-13)17(27)12(11-29-16)10-21-24-20-22-18(25-4-6-28-7-5-25)14-3-8-30-19(14)23-20/h1-3,8-11,26H,4-7H2,(H,22,23,24)/b21-10+. The van der Waals surface area contributed by atoms with Crippen LogP contribution in [0.3, 0.4) is 0 Å². The number of thiophene rings is 1. The predicted octanol–water partition coefficient (Wildman–Crippen LogP) is 2.79. The molecule has 0 saturated carbocycles. The van der Waals surface area contributed by atoms with Crippen LogP contribution in [0.25, 0.3) is 21.2 Å². The molecule has 1 aromatic carbocycles. The second-order valence-electron chi connectivity index (χ2n) is 6.68. The van der Waals surface area contributed by atoms with Crippen molar-refractivity contribution < 1.29 is 14.3 Å². The van der Waals surface area contributed by atoms with Crippen molar-refractivity contribution in [2.75, 3.05) is 36.6 Å². The molecule has 5 rings (SSSR count). The Hall–Kier alpha value is -3.50. The van der Waals surface area contributed by atoms with Crippen molar-refractivity contribution in [3.63, 3.8) is 0 Å². The minimum absolute atomic E-state index is 0.00435. The lowest BCUT2D eigenvalue weighted by Crippen LogP contribution is -2.37. The van der Waals surface area contributed by atoms with Crippen LogP contribution in [0.1, 0.15) is 5.56 Å². The Balaban J connectivity index is 1.44. The van der Waals surface area contributed by atoms with Gasteiger partial charge in [0.25, 0.3) is 0 Å². The number of rotatable bonds is 4. The Morgan fingerprint density at radius 2 is 2.07 bits per heavy atom. The van der Waals surface area contributed by atoms with Gasteiger partial charge in [0.2, 0.25) is 11.4 Å². The molecule has 4 aromatic rings. The average Bonchev–Trinajstić information content (AvgIpc) is 3.24. The number of aromatic nitrogens is 2. The normalized spacial score (nSPS) is 14.7. The largest absolute Gasteiger partial charge is 0.508 e. The molecule has 152 valence electrons. The van der Waals surface area contributed by atoms with Crippen molar-refractivity contribution in [1.29, 1.82) is 0 Å². The highest BCUT2D eigenvalue weighted by atomic mass is 32.1. The number of morpholine rings is 1. The summed E-state index contributed by atoms with van der Waals surface area (Å²) < 4.78 is 10.9. The second-order valence-corrected chi connectivity index (χ2v) is 7.57. The van der Waals surface area contributed by atoms with Gasteiger partial charge in [0.1, 0.15) is 28.2 Å². The number of nitrogens with zero attached hydrogens (tertiary/aromatic N) is 4. The molecule has 3 aromatic heterocycles. The van der Waals surface area contributed by atoms with E-state index in [1.165, 1.54) is 35.9 Å². The van der Waals surface area contributed by atoms with E-state index in [9.17, 15) is 9.90 Å². The predicted molar refractivity (Wildman–Crippen MR) is 116 cm³/mol. The fourth-order valence-electron chi connectivity index (χ4n) is 3.29. The maximum absolute atomic E-state index is 12.6. The van der Waals surface area contributed by atoms with Crippen molar-refractivity contribution in [2.24, 2.45) is 5.10 Å². The van der Waals surface area contributed by atoms with Gasteiger partial charge in [0.15, 0.2) is 0 Å². The summed E-state index contributed by atoms with van der Waals surface area (Å²) in [6, 6.07) is 6.38. The van der Waals surface area contributed by atoms with Crippen LogP contribution in [0.4, 0.5) is 11.8 Å². The number of fused-ring (bicyclic) bond motifs is 2. The summed E-state index contributed by atoms with van der Waals surface area (Å²) in [7, 11) is 0. The number of ether oxygens (including phenoxy) is 1. The van der Waals surface area contributed by atoms with E-state index in [0.717, 1.165) is 29.1 Å². The third-order valence-electron chi connectivity index (χ3n) is 4.77. The lowest BCUT2D eigenvalue weighted by Gasteiger charge is -2.28. The summed E-state index contributed by atoms with van der Waals surface area (Å²) >= 11 is 1.53. The van der Waals surface area contributed by atoms with Crippen LogP contribution in [-0.4, -0.2) is 47.6 Å². The zero-order valence-electron chi connectivity index (χ0n) is 15.7. The van der Waals surface area contributed by atoms with Crippen molar-refractivity contribution >= 4 is 50.5 Å². The Morgan fingerprint density at radius 1 is 1.20 bits per heavy atom. The zero-order chi connectivity index (χ0) is 20.5. The van der Waals surface area contributed by atoms with E-state index in [4.69, 9.17) is 9.15 Å². The summed E-state index contributed by atoms with van der Waals surface area (Å²) in [5.74, 6) is 1.17. The first-order valence-electron chi connectivity index (χ1n) is 9.30. The molecule has 0 atom stereocenters. The average molecular weight is 423 g/mol. The van der Waals surface area contributed by atoms with Gasteiger partial charge in [-0.15, -0.1) is 11.3 Å². The minimum Gasteiger partial charge on any atom is -0.508 e. The van der Waals surface area contributed by atoms with Gasteiger partial charge in [-0.3, -0.25) is 4.79 Å². The molecule has 1 aliphatic heterocycles. The third kappa shape index (κ3) is 3.46. The molecule has 9 nitrogen and oxygen atoms in total. The van der Waals surface area contributed by atoms with Crippen molar-refractivity contribution in [1.82, 2.24) is 9.97 Å². The molecule has 0 spiro atoms. The van der Waals surface area contributed by atoms with E-state index < -0.39 is 0 Å². The highest BCUT2D eigenvalue weighted by Gasteiger charge is 2.18. The molecule has 1 fully saturated rings. The first-order valence-corrected chi connectivity index (χ1v) is 10.2. The molecule has 10 heteroatoms. The van der Waals surface area contributed by atoms with Gasteiger partial charge >= 0.3 is 0 Å². The summed E-state index contributed by atoms with van der Waals surface area (Å²) in [4.78, 5) is 24.7. The number of phenolic OH excluding ortho intramolecular Hbond substituents is 1. The molecule has 2 N–H and O–H groups in total. The molecule has 0 radical (unpaired) electrons. The van der Waals surface area contributed by atoms with Crippen LogP contribution < -0.4 is 15.8 Å². The van der Waals surface area contributed by atoms with Gasteiger partial charge in [0, 0.05) is 13.1 Å². The molecule has 0 amide bonds. The van der Waals surface area contributed by atoms with Gasteiger partial charge in [-0.2, -0.15) is 10.1 Å². The summed E-state index contributed by atoms with van der Waals surface area (Å²) in [6.45, 7) is 2.83. The van der Waals surface area contributed by atoms with Gasteiger partial charge < -0.3 is 19.2 Å². The zero-order valence-corrected chi connectivity index (χ0v) is 16.6. The van der Waals surface area contributed by atoms with Gasteiger partial charge in [-0.05, 0) is 29.6 Å². The van der Waals surface area contributed by atoms with Crippen LogP contribution >= 0.6 is 11.3 Å². The van der Waals surface area contributed by atoms with E-state index in [0.29, 0.717) is 24.7 Å². The van der Waals surface area contributed by atoms with Crippen LogP contribution in [-0.2, 0) is 4.74 Å². The number of nitrogens with one attached hydrogen (secondary N) is 1. The molecule has 1 aliphatic rings. The quantitative estimate of drug-likeness (QED) is 0.381. The summed E-state index contributed by atoms with van der Waals surface area (Å²) in [5, 5.41) is 17.0. The second kappa shape index (κ2) is 7.73. The van der Waals surface area contributed by atoms with Crippen molar-refractivity contribution in [2.45, 2.75) is 0 Å². The highest BCUT2D eigenvalue weighted by molar-refractivity contribution is 7.16. The van der Waals surface area contributed by atoms with Crippen molar-refractivity contribution in [3.8, 4) is 5.75 Å². The van der Waals surface area contributed by atoms with Crippen LogP contribution in [0.2, 0.25) is 0 Å². The van der Waals surface area contributed by atoms with Gasteiger partial charge in [-0.1, -0.05) is 0 Å². The number of hydrogen-bond donors (Lipinski definition) is 2. The highest BCUT2D eigenvalue weighted by Crippen LogP contribution is 2.29. The van der Waals surface area contributed by atoms with Gasteiger partial charge in [0.05, 0.1) is 35.8 Å². The number of benzene rings is 1. The first-order chi connectivity index (χ1) is 14.7. The Bertz CT molecular complexity index is 1310. The molecule has 30 heavy (non-hydrogen) atoms. The molecule has 0 unspecified atom stereocenters. The minimum atomic E-state index is -0.290.